The number of pyridine rings is 1. The fourth-order valence-electron chi connectivity index (χ4n) is 3.64. The van der Waals surface area contributed by atoms with E-state index in [1.807, 2.05) is 20.2 Å². The zero-order chi connectivity index (χ0) is 17.5. The fourth-order valence-corrected chi connectivity index (χ4v) is 3.64. The second-order valence-electron chi connectivity index (χ2n) is 7.07. The van der Waals surface area contributed by atoms with E-state index in [4.69, 9.17) is 10.5 Å². The SMILES string of the molecule is Cc1c(-c2cnn(C)c2)nc(N)c(C#N)c1[C@@H]1CCOC(C)(C)C1. The second-order valence-corrected chi connectivity index (χ2v) is 7.07. The van der Waals surface area contributed by atoms with Crippen molar-refractivity contribution < 1.29 is 4.74 Å². The van der Waals surface area contributed by atoms with Crippen molar-refractivity contribution in [1.29, 1.82) is 5.26 Å². The number of aromatic nitrogens is 3. The van der Waals surface area contributed by atoms with Gasteiger partial charge >= 0.3 is 0 Å². The van der Waals surface area contributed by atoms with E-state index in [-0.39, 0.29) is 11.5 Å². The van der Waals surface area contributed by atoms with Crippen LogP contribution in [0.3, 0.4) is 0 Å². The van der Waals surface area contributed by atoms with Crippen molar-refractivity contribution in [3.05, 3.63) is 29.1 Å². The minimum atomic E-state index is -0.200. The van der Waals surface area contributed by atoms with Crippen molar-refractivity contribution in [1.82, 2.24) is 14.8 Å². The molecule has 0 amide bonds. The standard InChI is InChI=1S/C18H23N5O/c1-11-15(12-5-6-24-18(2,3)7-12)14(8-19)17(20)22-16(11)13-9-21-23(4)10-13/h9-10,12H,5-7H2,1-4H3,(H2,20,22)/t12-/m1/s1. The van der Waals surface area contributed by atoms with Crippen LogP contribution >= 0.6 is 0 Å². The first kappa shape index (κ1) is 16.5. The summed E-state index contributed by atoms with van der Waals surface area (Å²) in [6.07, 6.45) is 5.43. The summed E-state index contributed by atoms with van der Waals surface area (Å²) in [5.74, 6) is 0.533. The molecular weight excluding hydrogens is 302 g/mol. The van der Waals surface area contributed by atoms with Crippen LogP contribution < -0.4 is 5.73 Å². The lowest BCUT2D eigenvalue weighted by Crippen LogP contribution is -2.33. The van der Waals surface area contributed by atoms with Crippen molar-refractivity contribution in [3.63, 3.8) is 0 Å². The average molecular weight is 325 g/mol. The predicted octanol–water partition coefficient (Wildman–Crippen LogP) is 2.92. The number of ether oxygens (including phenoxy) is 1. The first-order valence-corrected chi connectivity index (χ1v) is 8.15. The summed E-state index contributed by atoms with van der Waals surface area (Å²) in [6.45, 7) is 6.89. The minimum Gasteiger partial charge on any atom is -0.383 e. The molecule has 6 heteroatoms. The van der Waals surface area contributed by atoms with Crippen molar-refractivity contribution in [2.24, 2.45) is 7.05 Å². The first-order chi connectivity index (χ1) is 11.3. The van der Waals surface area contributed by atoms with Gasteiger partial charge in [-0.3, -0.25) is 4.68 Å². The van der Waals surface area contributed by atoms with Gasteiger partial charge in [0.05, 0.1) is 23.1 Å². The van der Waals surface area contributed by atoms with Gasteiger partial charge in [-0.05, 0) is 50.7 Å². The Bertz CT molecular complexity index is 816. The molecule has 2 N–H and O–H groups in total. The quantitative estimate of drug-likeness (QED) is 0.917. The van der Waals surface area contributed by atoms with Gasteiger partial charge in [0.25, 0.3) is 0 Å². The van der Waals surface area contributed by atoms with E-state index < -0.39 is 0 Å². The summed E-state index contributed by atoms with van der Waals surface area (Å²) in [7, 11) is 1.87. The van der Waals surface area contributed by atoms with Crippen molar-refractivity contribution in [3.8, 4) is 17.3 Å². The number of hydrogen-bond acceptors (Lipinski definition) is 5. The van der Waals surface area contributed by atoms with Gasteiger partial charge in [0.1, 0.15) is 11.9 Å². The van der Waals surface area contributed by atoms with Crippen LogP contribution in [0.2, 0.25) is 0 Å². The van der Waals surface area contributed by atoms with Crippen LogP contribution in [0.5, 0.6) is 0 Å². The monoisotopic (exact) mass is 325 g/mol. The lowest BCUT2D eigenvalue weighted by atomic mass is 9.79. The number of hydrogen-bond donors (Lipinski definition) is 1. The molecule has 1 aliphatic heterocycles. The highest BCUT2D eigenvalue weighted by atomic mass is 16.5. The minimum absolute atomic E-state index is 0.200. The van der Waals surface area contributed by atoms with E-state index in [9.17, 15) is 5.26 Å². The number of rotatable bonds is 2. The Labute approximate surface area is 142 Å². The van der Waals surface area contributed by atoms with Crippen LogP contribution in [-0.4, -0.2) is 27.0 Å². The topological polar surface area (TPSA) is 89.8 Å². The van der Waals surface area contributed by atoms with Crippen LogP contribution in [0, 0.1) is 18.3 Å². The van der Waals surface area contributed by atoms with Crippen LogP contribution in [0.15, 0.2) is 12.4 Å². The molecule has 6 nitrogen and oxygen atoms in total. The molecule has 2 aromatic heterocycles. The van der Waals surface area contributed by atoms with Crippen LogP contribution in [0.1, 0.15) is 49.3 Å². The van der Waals surface area contributed by atoms with E-state index >= 15 is 0 Å². The summed E-state index contributed by atoms with van der Waals surface area (Å²) >= 11 is 0. The van der Waals surface area contributed by atoms with Crippen molar-refractivity contribution in [2.45, 2.75) is 45.1 Å². The zero-order valence-electron chi connectivity index (χ0n) is 14.6. The average Bonchev–Trinajstić information content (AvgIpc) is 2.94. The Morgan fingerprint density at radius 2 is 2.21 bits per heavy atom. The first-order valence-electron chi connectivity index (χ1n) is 8.15. The van der Waals surface area contributed by atoms with Crippen molar-refractivity contribution >= 4 is 5.82 Å². The third-order valence-electron chi connectivity index (χ3n) is 4.71. The van der Waals surface area contributed by atoms with Crippen LogP contribution in [-0.2, 0) is 11.8 Å². The molecule has 1 fully saturated rings. The maximum absolute atomic E-state index is 9.63. The number of nitrogens with two attached hydrogens (primary N) is 1. The fraction of sp³-hybridized carbons (Fsp3) is 0.500. The highest BCUT2D eigenvalue weighted by molar-refractivity contribution is 5.70. The maximum Gasteiger partial charge on any atom is 0.142 e. The zero-order valence-corrected chi connectivity index (χ0v) is 14.6. The van der Waals surface area contributed by atoms with Crippen molar-refractivity contribution in [2.75, 3.05) is 12.3 Å². The molecule has 0 spiro atoms. The van der Waals surface area contributed by atoms with Crippen LogP contribution in [0.25, 0.3) is 11.3 Å². The molecule has 0 radical (unpaired) electrons. The third-order valence-corrected chi connectivity index (χ3v) is 4.71. The summed E-state index contributed by atoms with van der Waals surface area (Å²) in [6, 6.07) is 2.26. The Morgan fingerprint density at radius 3 is 2.79 bits per heavy atom. The lowest BCUT2D eigenvalue weighted by molar-refractivity contribution is -0.0593. The van der Waals surface area contributed by atoms with E-state index in [1.165, 1.54) is 0 Å². The van der Waals surface area contributed by atoms with Gasteiger partial charge in [0.15, 0.2) is 0 Å². The molecule has 1 atom stereocenters. The Hall–Kier alpha value is -2.39. The molecule has 0 aliphatic carbocycles. The number of nitrogen functional groups attached to an aromatic ring is 1. The van der Waals surface area contributed by atoms with E-state index in [0.717, 1.165) is 35.2 Å². The van der Waals surface area contributed by atoms with Gasteiger partial charge < -0.3 is 10.5 Å². The Morgan fingerprint density at radius 1 is 1.46 bits per heavy atom. The van der Waals surface area contributed by atoms with Gasteiger partial charge in [0, 0.05) is 25.4 Å². The smallest absolute Gasteiger partial charge is 0.142 e. The highest BCUT2D eigenvalue weighted by Gasteiger charge is 2.33. The largest absolute Gasteiger partial charge is 0.383 e. The normalized spacial score (nSPS) is 19.9. The number of nitrogens with zero attached hydrogens (tertiary/aromatic N) is 4. The van der Waals surface area contributed by atoms with Gasteiger partial charge in [-0.15, -0.1) is 0 Å². The Kier molecular flexibility index (Phi) is 4.06. The second kappa shape index (κ2) is 5.91. The van der Waals surface area contributed by atoms with E-state index in [2.05, 4.69) is 30.0 Å². The molecule has 126 valence electrons. The third kappa shape index (κ3) is 2.87. The molecule has 0 saturated carbocycles. The molecule has 0 unspecified atom stereocenters. The predicted molar refractivity (Wildman–Crippen MR) is 92.3 cm³/mol. The van der Waals surface area contributed by atoms with Gasteiger partial charge in [-0.1, -0.05) is 0 Å². The number of aryl methyl sites for hydroxylation is 1. The van der Waals surface area contributed by atoms with Crippen LogP contribution in [0.4, 0.5) is 5.82 Å². The molecule has 3 heterocycles. The summed E-state index contributed by atoms with van der Waals surface area (Å²) in [4.78, 5) is 4.49. The molecule has 0 bridgehead atoms. The summed E-state index contributed by atoms with van der Waals surface area (Å²) in [5, 5.41) is 13.9. The number of anilines is 1. The Balaban J connectivity index is 2.17. The molecule has 1 aliphatic rings. The molecule has 1 saturated heterocycles. The molecule has 2 aromatic rings. The van der Waals surface area contributed by atoms with Gasteiger partial charge in [0.2, 0.25) is 0 Å². The van der Waals surface area contributed by atoms with Gasteiger partial charge in [-0.25, -0.2) is 4.98 Å². The van der Waals surface area contributed by atoms with Gasteiger partial charge in [-0.2, -0.15) is 10.4 Å². The molecule has 0 aromatic carbocycles. The maximum atomic E-state index is 9.63. The van der Waals surface area contributed by atoms with E-state index in [1.54, 1.807) is 10.9 Å². The van der Waals surface area contributed by atoms with E-state index in [0.29, 0.717) is 18.0 Å². The highest BCUT2D eigenvalue weighted by Crippen LogP contribution is 2.41. The number of nitriles is 1. The summed E-state index contributed by atoms with van der Waals surface area (Å²) < 4.78 is 7.57. The molecular formula is C18H23N5O. The lowest BCUT2D eigenvalue weighted by Gasteiger charge is -2.36. The molecule has 3 rings (SSSR count). The summed E-state index contributed by atoms with van der Waals surface area (Å²) in [5.41, 5.74) is 10.2. The molecule has 24 heavy (non-hydrogen) atoms.